The van der Waals surface area contributed by atoms with E-state index in [-0.39, 0.29) is 11.3 Å². The maximum Gasteiger partial charge on any atom is 0.416 e. The molecule has 0 aliphatic rings. The molecule has 0 amide bonds. The molecule has 0 saturated carbocycles. The van der Waals surface area contributed by atoms with Crippen molar-refractivity contribution in [2.75, 3.05) is 24.8 Å². The molecule has 9 nitrogen and oxygen atoms in total. The summed E-state index contributed by atoms with van der Waals surface area (Å²) in [5, 5.41) is 18.2. The fourth-order valence-electron chi connectivity index (χ4n) is 5.91. The molecule has 0 fully saturated rings. The highest BCUT2D eigenvalue weighted by molar-refractivity contribution is 5.99. The summed E-state index contributed by atoms with van der Waals surface area (Å²) in [4.78, 5) is 12.9. The van der Waals surface area contributed by atoms with Crippen LogP contribution in [0.3, 0.4) is 0 Å². The Kier molecular flexibility index (Phi) is 8.46. The summed E-state index contributed by atoms with van der Waals surface area (Å²) in [5.74, 6) is 2.11. The number of rotatable bonds is 9. The number of ether oxygens (including phenoxy) is 1. The van der Waals surface area contributed by atoms with Crippen LogP contribution in [-0.2, 0) is 6.18 Å². The van der Waals surface area contributed by atoms with Crippen LogP contribution in [0.25, 0.3) is 44.7 Å². The van der Waals surface area contributed by atoms with Crippen LogP contribution in [0.15, 0.2) is 116 Å². The monoisotopic (exact) mass is 675 g/mol. The van der Waals surface area contributed by atoms with E-state index in [1.165, 1.54) is 23.3 Å². The molecular weight excluding hydrogens is 643 g/mol. The Hall–Kier alpha value is -6.14. The molecule has 1 unspecified atom stereocenters. The molecule has 7 aromatic rings. The van der Waals surface area contributed by atoms with Gasteiger partial charge in [0.05, 0.1) is 30.2 Å². The van der Waals surface area contributed by atoms with Crippen LogP contribution in [0.2, 0.25) is 0 Å². The number of nitrogens with one attached hydrogen (secondary N) is 2. The number of methoxy groups -OCH3 is 1. The summed E-state index contributed by atoms with van der Waals surface area (Å²) >= 11 is 0. The molecule has 1 atom stereocenters. The van der Waals surface area contributed by atoms with Crippen molar-refractivity contribution in [1.29, 1.82) is 0 Å². The Morgan fingerprint density at radius 1 is 0.840 bits per heavy atom. The minimum absolute atomic E-state index is 0.0580. The normalized spacial score (nSPS) is 12.2. The summed E-state index contributed by atoms with van der Waals surface area (Å²) in [6.45, 7) is 1.75. The molecule has 0 bridgehead atoms. The third-order valence-corrected chi connectivity index (χ3v) is 8.45. The number of aromatic nitrogens is 5. The second-order valence-corrected chi connectivity index (χ2v) is 11.7. The predicted octanol–water partition coefficient (Wildman–Crippen LogP) is 8.42. The van der Waals surface area contributed by atoms with Crippen molar-refractivity contribution in [2.24, 2.45) is 0 Å². The third kappa shape index (κ3) is 6.48. The number of aryl methyl sites for hydroxylation is 1. The molecule has 50 heavy (non-hydrogen) atoms. The van der Waals surface area contributed by atoms with Gasteiger partial charge in [-0.2, -0.15) is 13.2 Å². The minimum Gasteiger partial charge on any atom is -0.497 e. The maximum absolute atomic E-state index is 13.9. The molecule has 7 rings (SSSR count). The lowest BCUT2D eigenvalue weighted by Gasteiger charge is -2.19. The first-order valence-corrected chi connectivity index (χ1v) is 15.7. The zero-order valence-electron chi connectivity index (χ0n) is 27.3. The Morgan fingerprint density at radius 2 is 1.62 bits per heavy atom. The van der Waals surface area contributed by atoms with Crippen molar-refractivity contribution in [1.82, 2.24) is 24.1 Å². The Balaban J connectivity index is 1.25. The number of fused-ring (bicyclic) bond motifs is 1. The second-order valence-electron chi connectivity index (χ2n) is 11.7. The molecule has 12 heteroatoms. The highest BCUT2D eigenvalue weighted by Gasteiger charge is 2.32. The Morgan fingerprint density at radius 3 is 2.34 bits per heavy atom. The van der Waals surface area contributed by atoms with Crippen molar-refractivity contribution < 1.29 is 23.0 Å². The first-order chi connectivity index (χ1) is 24.1. The lowest BCUT2D eigenvalue weighted by Crippen LogP contribution is -2.13. The zero-order valence-corrected chi connectivity index (χ0v) is 27.3. The van der Waals surface area contributed by atoms with Gasteiger partial charge in [0.15, 0.2) is 6.23 Å². The number of aliphatic hydroxyl groups excluding tert-OH is 1. The van der Waals surface area contributed by atoms with Crippen molar-refractivity contribution in [3.63, 3.8) is 0 Å². The highest BCUT2D eigenvalue weighted by atomic mass is 19.4. The number of halogens is 3. The summed E-state index contributed by atoms with van der Waals surface area (Å²) in [5.41, 5.74) is 5.23. The molecule has 3 N–H and O–H groups in total. The molecule has 4 aromatic carbocycles. The maximum atomic E-state index is 13.9. The van der Waals surface area contributed by atoms with Crippen molar-refractivity contribution in [3.8, 4) is 39.5 Å². The number of aliphatic hydroxyl groups is 1. The van der Waals surface area contributed by atoms with E-state index in [1.807, 2.05) is 65.4 Å². The van der Waals surface area contributed by atoms with Crippen LogP contribution < -0.4 is 15.4 Å². The lowest BCUT2D eigenvalue weighted by molar-refractivity contribution is -0.137. The van der Waals surface area contributed by atoms with Gasteiger partial charge in [-0.3, -0.25) is 0 Å². The number of alkyl halides is 3. The number of hydrogen-bond donors (Lipinski definition) is 3. The van der Waals surface area contributed by atoms with Gasteiger partial charge in [-0.25, -0.2) is 15.0 Å². The Bertz CT molecular complexity index is 2310. The average Bonchev–Trinajstić information content (AvgIpc) is 3.75. The van der Waals surface area contributed by atoms with Gasteiger partial charge >= 0.3 is 6.18 Å². The molecule has 3 aromatic heterocycles. The van der Waals surface area contributed by atoms with Gasteiger partial charge in [-0.15, -0.1) is 0 Å². The fourth-order valence-corrected chi connectivity index (χ4v) is 5.91. The third-order valence-electron chi connectivity index (χ3n) is 8.45. The number of nitrogens with zero attached hydrogens (tertiary/aromatic N) is 5. The minimum atomic E-state index is -4.61. The van der Waals surface area contributed by atoms with Gasteiger partial charge in [0.1, 0.15) is 23.7 Å². The van der Waals surface area contributed by atoms with E-state index >= 15 is 0 Å². The van der Waals surface area contributed by atoms with E-state index in [9.17, 15) is 18.3 Å². The summed E-state index contributed by atoms with van der Waals surface area (Å²) in [7, 11) is 3.43. The molecule has 0 saturated heterocycles. The van der Waals surface area contributed by atoms with Crippen LogP contribution in [0.1, 0.15) is 23.0 Å². The van der Waals surface area contributed by atoms with E-state index in [4.69, 9.17) is 4.74 Å². The van der Waals surface area contributed by atoms with Crippen molar-refractivity contribution in [3.05, 3.63) is 133 Å². The molecule has 0 aliphatic heterocycles. The SMILES string of the molecule is CNc1cc(-n2cc(-c3ccc(OC)cc3)c3ccc(-c4cccc(NC(O)c5cc(-n6cnc(C)c6)cc(C(F)(F)F)c5)c4)cc32)ncn1. The van der Waals surface area contributed by atoms with Gasteiger partial charge in [-0.05, 0) is 72.1 Å². The molecular formula is C38H32F3N7O2. The number of anilines is 2. The van der Waals surface area contributed by atoms with E-state index in [1.54, 1.807) is 33.3 Å². The van der Waals surface area contributed by atoms with Gasteiger partial charge in [-0.1, -0.05) is 36.4 Å². The van der Waals surface area contributed by atoms with Gasteiger partial charge < -0.3 is 29.6 Å². The van der Waals surface area contributed by atoms with Gasteiger partial charge in [0.2, 0.25) is 0 Å². The summed E-state index contributed by atoms with van der Waals surface area (Å²) in [6.07, 6.45) is 0.580. The molecule has 252 valence electrons. The summed E-state index contributed by atoms with van der Waals surface area (Å²) < 4.78 is 50.5. The predicted molar refractivity (Wildman–Crippen MR) is 188 cm³/mol. The van der Waals surface area contributed by atoms with E-state index in [2.05, 4.69) is 37.7 Å². The first-order valence-electron chi connectivity index (χ1n) is 15.7. The lowest BCUT2D eigenvalue weighted by atomic mass is 10.00. The van der Waals surface area contributed by atoms with E-state index in [0.29, 0.717) is 23.0 Å². The molecule has 0 spiro atoms. The smallest absolute Gasteiger partial charge is 0.416 e. The van der Waals surface area contributed by atoms with Crippen LogP contribution >= 0.6 is 0 Å². The van der Waals surface area contributed by atoms with Gasteiger partial charge in [0, 0.05) is 53.4 Å². The molecule has 0 radical (unpaired) electrons. The number of benzene rings is 4. The molecule has 3 heterocycles. The standard InChI is InChI=1S/C38H32F3N7O2/c1-23-19-47(22-45-23)30-15-27(13-28(17-30)38(39,40)41)37(49)46-29-6-4-5-25(14-29)26-9-12-32-33(24-7-10-31(50-3)11-8-24)20-48(34(32)16-26)36-18-35(42-2)43-21-44-36/h4-22,37,46,49H,1-3H3,(H,42,43,44). The topological polar surface area (TPSA) is 102 Å². The fraction of sp³-hybridized carbons (Fsp3) is 0.132. The largest absolute Gasteiger partial charge is 0.497 e. The quantitative estimate of drug-likeness (QED) is 0.132. The average molecular weight is 676 g/mol. The number of hydrogen-bond acceptors (Lipinski definition) is 7. The second kappa shape index (κ2) is 13.1. The first kappa shape index (κ1) is 32.4. The zero-order chi connectivity index (χ0) is 35.0. The van der Waals surface area contributed by atoms with Crippen LogP contribution in [0.4, 0.5) is 24.7 Å². The Labute approximate surface area is 285 Å². The number of imidazole rings is 1. The van der Waals surface area contributed by atoms with Crippen molar-refractivity contribution >= 4 is 22.4 Å². The van der Waals surface area contributed by atoms with Crippen molar-refractivity contribution in [2.45, 2.75) is 19.3 Å². The highest BCUT2D eigenvalue weighted by Crippen LogP contribution is 2.37. The van der Waals surface area contributed by atoms with E-state index in [0.717, 1.165) is 51.0 Å². The van der Waals surface area contributed by atoms with Crippen LogP contribution in [-0.4, -0.2) is 43.4 Å². The molecule has 0 aliphatic carbocycles. The van der Waals surface area contributed by atoms with Gasteiger partial charge in [0.25, 0.3) is 0 Å². The van der Waals surface area contributed by atoms with Crippen LogP contribution in [0.5, 0.6) is 5.75 Å². The van der Waals surface area contributed by atoms with E-state index < -0.39 is 18.0 Å². The van der Waals surface area contributed by atoms with Crippen LogP contribution in [0, 0.1) is 6.92 Å². The summed E-state index contributed by atoms with van der Waals surface area (Å²) in [6, 6.07) is 26.7.